The highest BCUT2D eigenvalue weighted by molar-refractivity contribution is 5.96. The van der Waals surface area contributed by atoms with Gasteiger partial charge in [-0.05, 0) is 59.3 Å². The second-order valence-corrected chi connectivity index (χ2v) is 11.6. The van der Waals surface area contributed by atoms with Gasteiger partial charge in [0.1, 0.15) is 11.3 Å². The molecule has 1 aromatic heterocycles. The van der Waals surface area contributed by atoms with Gasteiger partial charge in [-0.1, -0.05) is 30.3 Å². The first-order valence-corrected chi connectivity index (χ1v) is 14.7. The molecule has 0 radical (unpaired) electrons. The van der Waals surface area contributed by atoms with E-state index in [0.717, 1.165) is 22.5 Å². The van der Waals surface area contributed by atoms with Crippen molar-refractivity contribution in [2.75, 3.05) is 24.5 Å². The monoisotopic (exact) mass is 625 g/mol. The fraction of sp³-hybridized carbons (Fsp3) is 0.206. The lowest BCUT2D eigenvalue weighted by Gasteiger charge is -2.37. The summed E-state index contributed by atoms with van der Waals surface area (Å²) in [4.78, 5) is 38.6. The van der Waals surface area contributed by atoms with Gasteiger partial charge in [-0.15, -0.1) is 4.91 Å². The predicted molar refractivity (Wildman–Crippen MR) is 164 cm³/mol. The number of anilines is 1. The third kappa shape index (κ3) is 5.30. The highest BCUT2D eigenvalue weighted by Crippen LogP contribution is 2.37. The first kappa shape index (κ1) is 29.4. The number of nitrogens with zero attached hydrogens (tertiary/aromatic N) is 5. The summed E-state index contributed by atoms with van der Waals surface area (Å²) in [5, 5.41) is 9.09. The van der Waals surface area contributed by atoms with Gasteiger partial charge in [0.2, 0.25) is 0 Å². The number of amides is 2. The Hall–Kier alpha value is -5.36. The quantitative estimate of drug-likeness (QED) is 0.149. The first-order chi connectivity index (χ1) is 22.2. The lowest BCUT2D eigenvalue weighted by atomic mass is 9.91. The zero-order valence-electron chi connectivity index (χ0n) is 24.3. The number of carbonyl (C=O) groups is 2. The summed E-state index contributed by atoms with van der Waals surface area (Å²) in [6.45, 7) is 1.74. The molecule has 232 valence electrons. The van der Waals surface area contributed by atoms with Gasteiger partial charge in [-0.25, -0.2) is 22.6 Å². The molecule has 0 N–H and O–H groups in total. The van der Waals surface area contributed by atoms with Gasteiger partial charge in [0, 0.05) is 66.2 Å². The maximum Gasteiger partial charge on any atom is 0.415 e. The number of hydrogen-bond donors (Lipinski definition) is 0. The summed E-state index contributed by atoms with van der Waals surface area (Å²) in [5.41, 5.74) is 1.35. The maximum atomic E-state index is 15.1. The normalized spacial score (nSPS) is 16.2. The number of ether oxygens (including phenoxy) is 1. The molecular formula is C34H26F3N5O4. The average molecular weight is 626 g/mol. The van der Waals surface area contributed by atoms with Crippen molar-refractivity contribution < 1.29 is 27.5 Å². The molecule has 5 aromatic rings. The Morgan fingerprint density at radius 2 is 1.61 bits per heavy atom. The third-order valence-corrected chi connectivity index (χ3v) is 8.72. The SMILES string of the molecule is O=NC(=O)c1ccc(N2CC3(CCN(Cc4cn(-c5ccc6ccccc6c5)nc4-c4ccc(F)c(F)c4F)CC3)OC2=O)cc1. The molecule has 46 heavy (non-hydrogen) atoms. The second-order valence-electron chi connectivity index (χ2n) is 11.6. The third-order valence-electron chi connectivity index (χ3n) is 8.72. The van der Waals surface area contributed by atoms with Crippen LogP contribution in [0.2, 0.25) is 0 Å². The van der Waals surface area contributed by atoms with Crippen molar-refractivity contribution in [1.29, 1.82) is 0 Å². The van der Waals surface area contributed by atoms with Crippen molar-refractivity contribution >= 4 is 28.5 Å². The van der Waals surface area contributed by atoms with Crippen LogP contribution in [-0.2, 0) is 11.3 Å². The molecule has 9 nitrogen and oxygen atoms in total. The lowest BCUT2D eigenvalue weighted by Crippen LogP contribution is -2.46. The molecule has 2 aliphatic rings. The largest absolute Gasteiger partial charge is 0.441 e. The van der Waals surface area contributed by atoms with E-state index in [1.54, 1.807) is 23.0 Å². The van der Waals surface area contributed by atoms with Crippen LogP contribution in [0.1, 0.15) is 28.8 Å². The van der Waals surface area contributed by atoms with Crippen LogP contribution in [0.15, 0.2) is 90.2 Å². The van der Waals surface area contributed by atoms with Gasteiger partial charge in [0.25, 0.3) is 0 Å². The molecule has 2 fully saturated rings. The van der Waals surface area contributed by atoms with Gasteiger partial charge in [0.05, 0.1) is 12.2 Å². The molecule has 0 bridgehead atoms. The van der Waals surface area contributed by atoms with Crippen molar-refractivity contribution in [3.8, 4) is 16.9 Å². The molecule has 3 heterocycles. The smallest absolute Gasteiger partial charge is 0.415 e. The van der Waals surface area contributed by atoms with Crippen LogP contribution >= 0.6 is 0 Å². The molecule has 0 aliphatic carbocycles. The Morgan fingerprint density at radius 3 is 2.35 bits per heavy atom. The fourth-order valence-electron chi connectivity index (χ4n) is 6.19. The van der Waals surface area contributed by atoms with Crippen molar-refractivity contribution in [2.24, 2.45) is 5.18 Å². The number of rotatable bonds is 6. The number of aromatic nitrogens is 2. The van der Waals surface area contributed by atoms with E-state index in [-0.39, 0.29) is 16.8 Å². The van der Waals surface area contributed by atoms with Crippen LogP contribution in [0.5, 0.6) is 0 Å². The highest BCUT2D eigenvalue weighted by Gasteiger charge is 2.47. The zero-order valence-corrected chi connectivity index (χ0v) is 24.3. The number of likely N-dealkylation sites (tertiary alicyclic amines) is 1. The standard InChI is InChI=1S/C34H26F3N5O4/c35-28-12-11-27(29(36)30(28)37)31-24(19-42(38-31)26-10-5-21-3-1-2-4-23(21)17-26)18-40-15-13-34(14-16-40)20-41(33(44)46-34)25-8-6-22(7-9-25)32(43)39-45/h1-12,17,19H,13-16,18,20H2. The number of benzene rings is 4. The summed E-state index contributed by atoms with van der Waals surface area (Å²) in [6.07, 6.45) is 2.31. The first-order valence-electron chi connectivity index (χ1n) is 14.7. The Balaban J connectivity index is 1.12. The van der Waals surface area contributed by atoms with Crippen LogP contribution in [0.3, 0.4) is 0 Å². The number of carbonyl (C=O) groups excluding carboxylic acids is 2. The van der Waals surface area contributed by atoms with Crippen LogP contribution in [0, 0.1) is 22.4 Å². The van der Waals surface area contributed by atoms with Crippen molar-refractivity contribution in [3.63, 3.8) is 0 Å². The zero-order chi connectivity index (χ0) is 32.0. The predicted octanol–water partition coefficient (Wildman–Crippen LogP) is 7.01. The minimum absolute atomic E-state index is 0.126. The van der Waals surface area contributed by atoms with Gasteiger partial charge < -0.3 is 4.74 Å². The summed E-state index contributed by atoms with van der Waals surface area (Å²) < 4.78 is 50.7. The summed E-state index contributed by atoms with van der Waals surface area (Å²) >= 11 is 0. The molecule has 2 amide bonds. The Labute approximate surface area is 260 Å². The van der Waals surface area contributed by atoms with E-state index in [0.29, 0.717) is 50.3 Å². The van der Waals surface area contributed by atoms with Crippen molar-refractivity contribution in [1.82, 2.24) is 14.7 Å². The number of fused-ring (bicyclic) bond motifs is 1. The van der Waals surface area contributed by atoms with Crippen molar-refractivity contribution in [2.45, 2.75) is 25.0 Å². The van der Waals surface area contributed by atoms with Gasteiger partial charge >= 0.3 is 12.0 Å². The van der Waals surface area contributed by atoms with Crippen LogP contribution < -0.4 is 4.90 Å². The highest BCUT2D eigenvalue weighted by atomic mass is 19.2. The molecule has 0 atom stereocenters. The number of piperidine rings is 1. The van der Waals surface area contributed by atoms with E-state index in [4.69, 9.17) is 4.74 Å². The number of halogens is 3. The molecule has 2 saturated heterocycles. The van der Waals surface area contributed by atoms with Gasteiger partial charge in [0.15, 0.2) is 17.5 Å². The molecule has 2 aliphatic heterocycles. The topological polar surface area (TPSA) is 97.1 Å². The Morgan fingerprint density at radius 1 is 0.891 bits per heavy atom. The lowest BCUT2D eigenvalue weighted by molar-refractivity contribution is -0.000941. The van der Waals surface area contributed by atoms with Gasteiger partial charge in [-0.3, -0.25) is 14.6 Å². The fourth-order valence-corrected chi connectivity index (χ4v) is 6.19. The number of nitroso groups, excluding NO2 is 1. The molecule has 0 unspecified atom stereocenters. The molecule has 4 aromatic carbocycles. The minimum atomic E-state index is -1.56. The molecule has 1 spiro atoms. The van der Waals surface area contributed by atoms with E-state index in [1.165, 1.54) is 23.1 Å². The van der Waals surface area contributed by atoms with E-state index in [1.807, 2.05) is 42.5 Å². The van der Waals surface area contributed by atoms with E-state index >= 15 is 4.39 Å². The molecule has 12 heteroatoms. The number of hydrogen-bond acceptors (Lipinski definition) is 6. The summed E-state index contributed by atoms with van der Waals surface area (Å²) in [5.74, 6) is -5.03. The van der Waals surface area contributed by atoms with Crippen LogP contribution in [-0.4, -0.2) is 51.9 Å². The van der Waals surface area contributed by atoms with Gasteiger partial charge in [-0.2, -0.15) is 5.10 Å². The van der Waals surface area contributed by atoms with E-state index in [9.17, 15) is 23.3 Å². The molecular weight excluding hydrogens is 599 g/mol. The average Bonchev–Trinajstić information content (AvgIpc) is 3.64. The van der Waals surface area contributed by atoms with Crippen molar-refractivity contribution in [3.05, 3.63) is 119 Å². The second kappa shape index (κ2) is 11.5. The van der Waals surface area contributed by atoms with E-state index < -0.39 is 35.1 Å². The Bertz CT molecular complexity index is 2000. The molecule has 7 rings (SSSR count). The molecule has 0 saturated carbocycles. The minimum Gasteiger partial charge on any atom is -0.441 e. The van der Waals surface area contributed by atoms with Crippen LogP contribution in [0.4, 0.5) is 23.7 Å². The van der Waals surface area contributed by atoms with E-state index in [2.05, 4.69) is 15.2 Å². The maximum absolute atomic E-state index is 15.1. The summed E-state index contributed by atoms with van der Waals surface area (Å²) in [6, 6.07) is 21.7. The van der Waals surface area contributed by atoms with Crippen LogP contribution in [0.25, 0.3) is 27.7 Å². The summed E-state index contributed by atoms with van der Waals surface area (Å²) in [7, 11) is 0. The Kier molecular flexibility index (Phi) is 7.36.